The zero-order valence-corrected chi connectivity index (χ0v) is 19.7. The third-order valence-electron chi connectivity index (χ3n) is 5.07. The van der Waals surface area contributed by atoms with Gasteiger partial charge in [-0.2, -0.15) is 0 Å². The molecular weight excluding hydrogens is 438 g/mol. The van der Waals surface area contributed by atoms with E-state index in [0.29, 0.717) is 10.6 Å². The number of halogens is 1. The minimum atomic E-state index is -0.127. The molecule has 1 amide bonds. The topological polar surface area (TPSA) is 54.0 Å². The van der Waals surface area contributed by atoms with Gasteiger partial charge in [-0.25, -0.2) is 4.98 Å². The highest BCUT2D eigenvalue weighted by Gasteiger charge is 2.14. The normalized spacial score (nSPS) is 11.2. The maximum Gasteiger partial charge on any atom is 0.255 e. The first-order valence-electron chi connectivity index (χ1n) is 10.3. The van der Waals surface area contributed by atoms with E-state index in [2.05, 4.69) is 36.4 Å². The van der Waals surface area contributed by atoms with Crippen molar-refractivity contribution in [2.75, 3.05) is 10.6 Å². The number of carbonyl (C=O) groups is 1. The van der Waals surface area contributed by atoms with Gasteiger partial charge in [0.15, 0.2) is 5.13 Å². The summed E-state index contributed by atoms with van der Waals surface area (Å²) in [4.78, 5) is 17.2. The van der Waals surface area contributed by atoms with Crippen molar-refractivity contribution >= 4 is 45.4 Å². The molecule has 0 unspecified atom stereocenters. The number of hydrogen-bond donors (Lipinski definition) is 2. The van der Waals surface area contributed by atoms with Crippen LogP contribution in [-0.2, 0) is 5.41 Å². The molecule has 4 nitrogen and oxygen atoms in total. The van der Waals surface area contributed by atoms with Gasteiger partial charge in [-0.15, -0.1) is 11.3 Å². The molecule has 4 rings (SSSR count). The summed E-state index contributed by atoms with van der Waals surface area (Å²) >= 11 is 7.72. The number of anilines is 3. The van der Waals surface area contributed by atoms with Gasteiger partial charge in [-0.1, -0.05) is 68.8 Å². The highest BCUT2D eigenvalue weighted by atomic mass is 35.5. The predicted molar refractivity (Wildman–Crippen MR) is 135 cm³/mol. The molecular formula is C26H24ClN3OS. The molecule has 0 radical (unpaired) electrons. The van der Waals surface area contributed by atoms with E-state index in [0.717, 1.165) is 27.8 Å². The molecule has 0 bridgehead atoms. The van der Waals surface area contributed by atoms with Crippen molar-refractivity contribution in [2.45, 2.75) is 26.2 Å². The van der Waals surface area contributed by atoms with Crippen molar-refractivity contribution in [3.63, 3.8) is 0 Å². The Bertz CT molecular complexity index is 1230. The largest absolute Gasteiger partial charge is 0.330 e. The number of rotatable bonds is 5. The summed E-state index contributed by atoms with van der Waals surface area (Å²) in [6.45, 7) is 6.46. The van der Waals surface area contributed by atoms with Crippen LogP contribution in [0.4, 0.5) is 16.5 Å². The van der Waals surface area contributed by atoms with E-state index >= 15 is 0 Å². The zero-order valence-electron chi connectivity index (χ0n) is 18.1. The standard InChI is InChI=1S/C26H24ClN3OS/c1-26(2,3)19-12-8-18(9-13-19)24(31)28-20-14-10-17(11-15-20)23-16-32-25(30-23)29-22-7-5-4-6-21(22)27/h4-16H,1-3H3,(H,28,31)(H,29,30). The first-order valence-corrected chi connectivity index (χ1v) is 11.5. The predicted octanol–water partition coefficient (Wildman–Crippen LogP) is 7.76. The maximum atomic E-state index is 12.6. The van der Waals surface area contributed by atoms with Crippen molar-refractivity contribution in [3.8, 4) is 11.3 Å². The molecule has 2 N–H and O–H groups in total. The van der Waals surface area contributed by atoms with Crippen molar-refractivity contribution in [1.29, 1.82) is 0 Å². The molecule has 0 aliphatic carbocycles. The summed E-state index contributed by atoms with van der Waals surface area (Å²) in [5.41, 5.74) is 5.29. The minimum absolute atomic E-state index is 0.0588. The second-order valence-corrected chi connectivity index (χ2v) is 9.77. The zero-order chi connectivity index (χ0) is 22.7. The molecule has 0 saturated heterocycles. The smallest absolute Gasteiger partial charge is 0.255 e. The molecule has 4 aromatic rings. The van der Waals surface area contributed by atoms with Crippen LogP contribution in [-0.4, -0.2) is 10.9 Å². The van der Waals surface area contributed by atoms with E-state index in [9.17, 15) is 4.79 Å². The Labute approximate surface area is 197 Å². The third kappa shape index (κ3) is 5.18. The Balaban J connectivity index is 1.42. The second-order valence-electron chi connectivity index (χ2n) is 8.50. The average Bonchev–Trinajstić information content (AvgIpc) is 3.24. The summed E-state index contributed by atoms with van der Waals surface area (Å²) in [7, 11) is 0. The maximum absolute atomic E-state index is 12.6. The number of hydrogen-bond acceptors (Lipinski definition) is 4. The number of carbonyl (C=O) groups excluding carboxylic acids is 1. The Kier molecular flexibility index (Phi) is 6.31. The number of thiazole rings is 1. The van der Waals surface area contributed by atoms with Crippen LogP contribution in [0.1, 0.15) is 36.7 Å². The monoisotopic (exact) mass is 461 g/mol. The second kappa shape index (κ2) is 9.15. The lowest BCUT2D eigenvalue weighted by atomic mass is 9.87. The van der Waals surface area contributed by atoms with Crippen LogP contribution in [0, 0.1) is 0 Å². The van der Waals surface area contributed by atoms with Crippen LogP contribution >= 0.6 is 22.9 Å². The molecule has 162 valence electrons. The third-order valence-corrected chi connectivity index (χ3v) is 6.16. The number of benzene rings is 3. The fourth-order valence-corrected chi connectivity index (χ4v) is 4.11. The van der Waals surface area contributed by atoms with Gasteiger partial charge in [0.1, 0.15) is 0 Å². The fourth-order valence-electron chi connectivity index (χ4n) is 3.19. The van der Waals surface area contributed by atoms with Gasteiger partial charge in [-0.05, 0) is 47.4 Å². The molecule has 1 heterocycles. The van der Waals surface area contributed by atoms with Gasteiger partial charge in [0, 0.05) is 22.2 Å². The fraction of sp³-hybridized carbons (Fsp3) is 0.154. The highest BCUT2D eigenvalue weighted by molar-refractivity contribution is 7.14. The van der Waals surface area contributed by atoms with Crippen LogP contribution in [0.15, 0.2) is 78.2 Å². The lowest BCUT2D eigenvalue weighted by Crippen LogP contribution is -2.14. The number of aromatic nitrogens is 1. The van der Waals surface area contributed by atoms with E-state index < -0.39 is 0 Å². The van der Waals surface area contributed by atoms with Crippen LogP contribution in [0.2, 0.25) is 5.02 Å². The molecule has 0 aliphatic rings. The summed E-state index contributed by atoms with van der Waals surface area (Å²) in [6.07, 6.45) is 0. The molecule has 0 fully saturated rings. The Morgan fingerprint density at radius 1 is 0.938 bits per heavy atom. The Morgan fingerprint density at radius 3 is 2.28 bits per heavy atom. The van der Waals surface area contributed by atoms with E-state index in [-0.39, 0.29) is 11.3 Å². The quantitative estimate of drug-likeness (QED) is 0.319. The van der Waals surface area contributed by atoms with Gasteiger partial charge < -0.3 is 10.6 Å². The van der Waals surface area contributed by atoms with E-state index in [1.165, 1.54) is 16.9 Å². The van der Waals surface area contributed by atoms with Crippen LogP contribution in [0.5, 0.6) is 0 Å². The molecule has 6 heteroatoms. The first kappa shape index (κ1) is 22.1. The molecule has 0 spiro atoms. The van der Waals surface area contributed by atoms with Crippen molar-refractivity contribution in [2.24, 2.45) is 0 Å². The van der Waals surface area contributed by atoms with Gasteiger partial charge in [0.2, 0.25) is 0 Å². The minimum Gasteiger partial charge on any atom is -0.330 e. The number of para-hydroxylation sites is 1. The summed E-state index contributed by atoms with van der Waals surface area (Å²) in [6, 6.07) is 23.0. The van der Waals surface area contributed by atoms with E-state index in [1.807, 2.05) is 78.2 Å². The van der Waals surface area contributed by atoms with Crippen molar-refractivity contribution in [3.05, 3.63) is 94.3 Å². The van der Waals surface area contributed by atoms with Crippen molar-refractivity contribution in [1.82, 2.24) is 4.98 Å². The lowest BCUT2D eigenvalue weighted by Gasteiger charge is -2.19. The molecule has 1 aromatic heterocycles. The average molecular weight is 462 g/mol. The SMILES string of the molecule is CC(C)(C)c1ccc(C(=O)Nc2ccc(-c3csc(Nc4ccccc4Cl)n3)cc2)cc1. The van der Waals surface area contributed by atoms with Gasteiger partial charge >= 0.3 is 0 Å². The lowest BCUT2D eigenvalue weighted by molar-refractivity contribution is 0.102. The number of amides is 1. The van der Waals surface area contributed by atoms with Crippen LogP contribution in [0.25, 0.3) is 11.3 Å². The number of nitrogens with one attached hydrogen (secondary N) is 2. The van der Waals surface area contributed by atoms with Gasteiger partial charge in [-0.3, -0.25) is 4.79 Å². The van der Waals surface area contributed by atoms with Gasteiger partial charge in [0.25, 0.3) is 5.91 Å². The number of nitrogens with zero attached hydrogens (tertiary/aromatic N) is 1. The first-order chi connectivity index (χ1) is 15.3. The molecule has 0 aliphatic heterocycles. The Morgan fingerprint density at radius 2 is 1.62 bits per heavy atom. The van der Waals surface area contributed by atoms with Crippen molar-refractivity contribution < 1.29 is 4.79 Å². The molecule has 0 saturated carbocycles. The molecule has 3 aromatic carbocycles. The van der Waals surface area contributed by atoms with Crippen LogP contribution in [0.3, 0.4) is 0 Å². The molecule has 32 heavy (non-hydrogen) atoms. The van der Waals surface area contributed by atoms with E-state index in [4.69, 9.17) is 11.6 Å². The van der Waals surface area contributed by atoms with Crippen LogP contribution < -0.4 is 10.6 Å². The summed E-state index contributed by atoms with van der Waals surface area (Å²) in [5, 5.41) is 9.61. The van der Waals surface area contributed by atoms with E-state index in [1.54, 1.807) is 0 Å². The Hall–Kier alpha value is -3.15. The highest BCUT2D eigenvalue weighted by Crippen LogP contribution is 2.30. The summed E-state index contributed by atoms with van der Waals surface area (Å²) < 4.78 is 0. The summed E-state index contributed by atoms with van der Waals surface area (Å²) in [5.74, 6) is -0.127. The molecule has 0 atom stereocenters. The van der Waals surface area contributed by atoms with Gasteiger partial charge in [0.05, 0.1) is 16.4 Å².